The standard InChI is InChI=1S/C15H17N3O2S/c1-16-8-11-7-13(19-2)3-4-14(11)20-10-12-9-18-5-6-21-15(18)17-12/h3-7,9,16H,8,10H2,1-2H3. The molecule has 0 aliphatic rings. The van der Waals surface area contributed by atoms with Crippen LogP contribution in [-0.4, -0.2) is 23.5 Å². The summed E-state index contributed by atoms with van der Waals surface area (Å²) in [6, 6.07) is 5.82. The molecule has 0 saturated heterocycles. The second-order valence-electron chi connectivity index (χ2n) is 4.62. The van der Waals surface area contributed by atoms with Crippen LogP contribution in [0.1, 0.15) is 11.3 Å². The lowest BCUT2D eigenvalue weighted by molar-refractivity contribution is 0.297. The molecular formula is C15H17N3O2S. The molecule has 0 radical (unpaired) electrons. The maximum absolute atomic E-state index is 5.91. The van der Waals surface area contributed by atoms with Gasteiger partial charge in [0.2, 0.25) is 0 Å². The first-order valence-electron chi connectivity index (χ1n) is 6.65. The molecule has 0 amide bonds. The lowest BCUT2D eigenvalue weighted by Crippen LogP contribution is -2.08. The molecular weight excluding hydrogens is 286 g/mol. The highest BCUT2D eigenvalue weighted by Crippen LogP contribution is 2.25. The minimum Gasteiger partial charge on any atom is -0.497 e. The van der Waals surface area contributed by atoms with Crippen molar-refractivity contribution in [2.75, 3.05) is 14.2 Å². The van der Waals surface area contributed by atoms with Crippen LogP contribution >= 0.6 is 11.3 Å². The van der Waals surface area contributed by atoms with Crippen molar-refractivity contribution in [3.05, 3.63) is 47.2 Å². The van der Waals surface area contributed by atoms with Crippen LogP contribution in [0.25, 0.3) is 4.96 Å². The normalized spacial score (nSPS) is 11.0. The number of methoxy groups -OCH3 is 1. The van der Waals surface area contributed by atoms with E-state index in [0.29, 0.717) is 6.61 Å². The van der Waals surface area contributed by atoms with Gasteiger partial charge < -0.3 is 14.8 Å². The monoisotopic (exact) mass is 303 g/mol. The molecule has 3 rings (SSSR count). The van der Waals surface area contributed by atoms with E-state index in [0.717, 1.165) is 34.3 Å². The third-order valence-corrected chi connectivity index (χ3v) is 3.92. The van der Waals surface area contributed by atoms with Crippen LogP contribution in [0.3, 0.4) is 0 Å². The summed E-state index contributed by atoms with van der Waals surface area (Å²) >= 11 is 1.62. The SMILES string of the molecule is CNCc1cc(OC)ccc1OCc1cn2ccsc2n1. The molecule has 21 heavy (non-hydrogen) atoms. The molecule has 1 N–H and O–H groups in total. The van der Waals surface area contributed by atoms with Crippen molar-refractivity contribution in [2.24, 2.45) is 0 Å². The van der Waals surface area contributed by atoms with Crippen molar-refractivity contribution in [3.63, 3.8) is 0 Å². The minimum absolute atomic E-state index is 0.456. The first kappa shape index (κ1) is 13.9. The van der Waals surface area contributed by atoms with Crippen LogP contribution < -0.4 is 14.8 Å². The third kappa shape index (κ3) is 3.01. The van der Waals surface area contributed by atoms with Gasteiger partial charge in [-0.15, -0.1) is 11.3 Å². The van der Waals surface area contributed by atoms with E-state index in [9.17, 15) is 0 Å². The molecule has 110 valence electrons. The Hall–Kier alpha value is -2.05. The molecule has 0 unspecified atom stereocenters. The predicted molar refractivity (Wildman–Crippen MR) is 83.2 cm³/mol. The van der Waals surface area contributed by atoms with Gasteiger partial charge in [0, 0.05) is 29.9 Å². The number of aromatic nitrogens is 2. The second-order valence-corrected chi connectivity index (χ2v) is 5.49. The topological polar surface area (TPSA) is 47.8 Å². The predicted octanol–water partition coefficient (Wildman–Crippen LogP) is 2.70. The molecule has 2 heterocycles. The Balaban J connectivity index is 1.75. The van der Waals surface area contributed by atoms with Crippen molar-refractivity contribution < 1.29 is 9.47 Å². The Kier molecular flexibility index (Phi) is 4.08. The van der Waals surface area contributed by atoms with E-state index < -0.39 is 0 Å². The summed E-state index contributed by atoms with van der Waals surface area (Å²) in [4.78, 5) is 5.50. The molecule has 0 bridgehead atoms. The van der Waals surface area contributed by atoms with Crippen molar-refractivity contribution in [3.8, 4) is 11.5 Å². The van der Waals surface area contributed by atoms with E-state index in [-0.39, 0.29) is 0 Å². The summed E-state index contributed by atoms with van der Waals surface area (Å²) in [5.74, 6) is 1.68. The van der Waals surface area contributed by atoms with E-state index >= 15 is 0 Å². The van der Waals surface area contributed by atoms with Gasteiger partial charge in [-0.2, -0.15) is 0 Å². The summed E-state index contributed by atoms with van der Waals surface area (Å²) in [7, 11) is 3.57. The Morgan fingerprint density at radius 2 is 2.29 bits per heavy atom. The fraction of sp³-hybridized carbons (Fsp3) is 0.267. The highest BCUT2D eigenvalue weighted by Gasteiger charge is 2.08. The Morgan fingerprint density at radius 1 is 1.38 bits per heavy atom. The van der Waals surface area contributed by atoms with E-state index in [4.69, 9.17) is 9.47 Å². The number of fused-ring (bicyclic) bond motifs is 1. The zero-order chi connectivity index (χ0) is 14.7. The Labute approximate surface area is 127 Å². The van der Waals surface area contributed by atoms with Crippen LogP contribution in [-0.2, 0) is 13.2 Å². The highest BCUT2D eigenvalue weighted by atomic mass is 32.1. The van der Waals surface area contributed by atoms with E-state index in [1.54, 1.807) is 18.4 Å². The average molecular weight is 303 g/mol. The highest BCUT2D eigenvalue weighted by molar-refractivity contribution is 7.15. The zero-order valence-corrected chi connectivity index (χ0v) is 12.8. The molecule has 0 saturated carbocycles. The van der Waals surface area contributed by atoms with Gasteiger partial charge in [-0.25, -0.2) is 4.98 Å². The Morgan fingerprint density at radius 3 is 3.05 bits per heavy atom. The van der Waals surface area contributed by atoms with Crippen LogP contribution in [0.4, 0.5) is 0 Å². The zero-order valence-electron chi connectivity index (χ0n) is 12.0. The maximum atomic E-state index is 5.91. The number of hydrogen-bond donors (Lipinski definition) is 1. The van der Waals surface area contributed by atoms with Gasteiger partial charge in [0.25, 0.3) is 0 Å². The van der Waals surface area contributed by atoms with E-state index in [1.165, 1.54) is 0 Å². The number of nitrogens with one attached hydrogen (secondary N) is 1. The van der Waals surface area contributed by atoms with Crippen LogP contribution in [0, 0.1) is 0 Å². The molecule has 3 aromatic rings. The fourth-order valence-electron chi connectivity index (χ4n) is 2.15. The molecule has 2 aromatic heterocycles. The van der Waals surface area contributed by atoms with Crippen molar-refractivity contribution in [1.82, 2.24) is 14.7 Å². The van der Waals surface area contributed by atoms with Crippen molar-refractivity contribution in [1.29, 1.82) is 0 Å². The first-order chi connectivity index (χ1) is 10.3. The summed E-state index contributed by atoms with van der Waals surface area (Å²) in [5, 5.41) is 5.15. The second kappa shape index (κ2) is 6.15. The average Bonchev–Trinajstić information content (AvgIpc) is 3.07. The number of ether oxygens (including phenoxy) is 2. The summed E-state index contributed by atoms with van der Waals surface area (Å²) in [6.45, 7) is 1.18. The maximum Gasteiger partial charge on any atom is 0.193 e. The molecule has 0 aliphatic carbocycles. The van der Waals surface area contributed by atoms with Gasteiger partial charge in [0.15, 0.2) is 4.96 Å². The van der Waals surface area contributed by atoms with Gasteiger partial charge in [-0.3, -0.25) is 4.40 Å². The molecule has 6 heteroatoms. The molecule has 0 fully saturated rings. The summed E-state index contributed by atoms with van der Waals surface area (Å²) in [5.41, 5.74) is 1.99. The first-order valence-corrected chi connectivity index (χ1v) is 7.53. The van der Waals surface area contributed by atoms with Crippen LogP contribution in [0.2, 0.25) is 0 Å². The van der Waals surface area contributed by atoms with E-state index in [2.05, 4.69) is 10.3 Å². The summed E-state index contributed by atoms with van der Waals surface area (Å²) < 4.78 is 13.2. The third-order valence-electron chi connectivity index (χ3n) is 3.15. The van der Waals surface area contributed by atoms with Crippen LogP contribution in [0.5, 0.6) is 11.5 Å². The largest absolute Gasteiger partial charge is 0.497 e. The summed E-state index contributed by atoms with van der Waals surface area (Å²) in [6.07, 6.45) is 3.99. The molecule has 5 nitrogen and oxygen atoms in total. The van der Waals surface area contributed by atoms with Gasteiger partial charge >= 0.3 is 0 Å². The lowest BCUT2D eigenvalue weighted by atomic mass is 10.2. The smallest absolute Gasteiger partial charge is 0.193 e. The van der Waals surface area contributed by atoms with Gasteiger partial charge in [0.05, 0.1) is 12.8 Å². The molecule has 1 aromatic carbocycles. The van der Waals surface area contributed by atoms with Crippen LogP contribution in [0.15, 0.2) is 36.0 Å². The van der Waals surface area contributed by atoms with Crippen molar-refractivity contribution in [2.45, 2.75) is 13.2 Å². The fourth-order valence-corrected chi connectivity index (χ4v) is 2.87. The van der Waals surface area contributed by atoms with Gasteiger partial charge in [-0.1, -0.05) is 0 Å². The Bertz CT molecular complexity index is 707. The quantitative estimate of drug-likeness (QED) is 0.760. The van der Waals surface area contributed by atoms with Gasteiger partial charge in [0.1, 0.15) is 18.1 Å². The van der Waals surface area contributed by atoms with Crippen molar-refractivity contribution >= 4 is 16.3 Å². The molecule has 0 aliphatic heterocycles. The number of benzene rings is 1. The van der Waals surface area contributed by atoms with Gasteiger partial charge in [-0.05, 0) is 25.2 Å². The number of imidazole rings is 1. The number of nitrogens with zero attached hydrogens (tertiary/aromatic N) is 2. The minimum atomic E-state index is 0.456. The number of rotatable bonds is 6. The number of thiazole rings is 1. The number of hydrogen-bond acceptors (Lipinski definition) is 5. The molecule has 0 atom stereocenters. The lowest BCUT2D eigenvalue weighted by Gasteiger charge is -2.12. The molecule has 0 spiro atoms. The van der Waals surface area contributed by atoms with E-state index in [1.807, 2.05) is 47.4 Å².